The largest absolute Gasteiger partial charge is 0.382 e. The number of primary sulfonamides is 1. The Bertz CT molecular complexity index is 626. The number of hydrogen-bond donors (Lipinski definition) is 3. The molecule has 0 aromatic heterocycles. The molecule has 1 rings (SSSR count). The fraction of sp³-hybridized carbons (Fsp3) is 0.533. The number of nitrogens with one attached hydrogen (secondary N) is 2. The van der Waals surface area contributed by atoms with E-state index in [9.17, 15) is 8.42 Å². The van der Waals surface area contributed by atoms with Crippen molar-refractivity contribution in [3.8, 4) is 0 Å². The van der Waals surface area contributed by atoms with Gasteiger partial charge < -0.3 is 20.1 Å². The smallest absolute Gasteiger partial charge is 0.238 e. The van der Waals surface area contributed by atoms with Crippen LogP contribution in [0, 0.1) is 0 Å². The van der Waals surface area contributed by atoms with E-state index in [-0.39, 0.29) is 28.9 Å². The number of methoxy groups -OCH3 is 1. The lowest BCUT2D eigenvalue weighted by Crippen LogP contribution is -2.37. The van der Waals surface area contributed by atoms with Crippen LogP contribution >= 0.6 is 24.0 Å². The van der Waals surface area contributed by atoms with Crippen LogP contribution in [0.2, 0.25) is 0 Å². The molecule has 0 saturated heterocycles. The van der Waals surface area contributed by atoms with Gasteiger partial charge in [-0.05, 0) is 24.1 Å². The minimum Gasteiger partial charge on any atom is -0.382 e. The summed E-state index contributed by atoms with van der Waals surface area (Å²) in [5.74, 6) is 0.632. The molecule has 4 N–H and O–H groups in total. The second-order valence-corrected chi connectivity index (χ2v) is 6.57. The summed E-state index contributed by atoms with van der Waals surface area (Å²) in [6.07, 6.45) is 0.839. The van der Waals surface area contributed by atoms with Crippen LogP contribution in [-0.2, 0) is 26.0 Å². The van der Waals surface area contributed by atoms with Gasteiger partial charge in [0.15, 0.2) is 5.96 Å². The summed E-state index contributed by atoms with van der Waals surface area (Å²) in [6, 6.07) is 6.48. The van der Waals surface area contributed by atoms with Gasteiger partial charge in [0.25, 0.3) is 0 Å². The van der Waals surface area contributed by atoms with E-state index in [1.54, 1.807) is 26.3 Å². The van der Waals surface area contributed by atoms with E-state index < -0.39 is 10.0 Å². The number of ether oxygens (including phenoxy) is 2. The second kappa shape index (κ2) is 13.3. The maximum Gasteiger partial charge on any atom is 0.238 e. The molecule has 10 heteroatoms. The molecule has 1 aromatic carbocycles. The highest BCUT2D eigenvalue weighted by atomic mass is 127. The fourth-order valence-electron chi connectivity index (χ4n) is 1.86. The summed E-state index contributed by atoms with van der Waals surface area (Å²) in [5.41, 5.74) is 0.798. The molecule has 0 fully saturated rings. The Hall–Kier alpha value is -0.950. The zero-order chi connectivity index (χ0) is 17.8. The molecule has 1 aromatic rings. The summed E-state index contributed by atoms with van der Waals surface area (Å²) < 4.78 is 33.0. The van der Waals surface area contributed by atoms with Crippen LogP contribution in [0.3, 0.4) is 0 Å². The molecule has 0 radical (unpaired) electrons. The van der Waals surface area contributed by atoms with E-state index in [1.807, 2.05) is 6.07 Å². The highest BCUT2D eigenvalue weighted by Crippen LogP contribution is 2.09. The van der Waals surface area contributed by atoms with Crippen molar-refractivity contribution in [1.29, 1.82) is 0 Å². The van der Waals surface area contributed by atoms with Crippen LogP contribution in [-0.4, -0.2) is 54.9 Å². The van der Waals surface area contributed by atoms with Crippen LogP contribution in [0.4, 0.5) is 0 Å². The molecular weight excluding hydrogens is 459 g/mol. The lowest BCUT2D eigenvalue weighted by molar-refractivity contribution is 0.0698. The van der Waals surface area contributed by atoms with Gasteiger partial charge in [-0.3, -0.25) is 4.99 Å². The Balaban J connectivity index is 0.00000576. The van der Waals surface area contributed by atoms with Gasteiger partial charge in [0.2, 0.25) is 10.0 Å². The number of guanidine groups is 1. The van der Waals surface area contributed by atoms with Crippen LogP contribution in [0.25, 0.3) is 0 Å². The third-order valence-corrected chi connectivity index (χ3v) is 4.01. The van der Waals surface area contributed by atoms with Crippen LogP contribution in [0.1, 0.15) is 12.0 Å². The maximum atomic E-state index is 11.3. The molecule has 0 spiro atoms. The Morgan fingerprint density at radius 2 is 2.00 bits per heavy atom. The first-order valence-electron chi connectivity index (χ1n) is 7.60. The van der Waals surface area contributed by atoms with Crippen molar-refractivity contribution in [3.05, 3.63) is 29.8 Å². The third kappa shape index (κ3) is 10.6. The quantitative estimate of drug-likeness (QED) is 0.194. The summed E-state index contributed by atoms with van der Waals surface area (Å²) in [5, 5.41) is 11.4. The lowest BCUT2D eigenvalue weighted by atomic mass is 10.2. The molecule has 25 heavy (non-hydrogen) atoms. The average Bonchev–Trinajstić information content (AvgIpc) is 2.56. The number of rotatable bonds is 10. The Kier molecular flexibility index (Phi) is 12.8. The lowest BCUT2D eigenvalue weighted by Gasteiger charge is -2.12. The van der Waals surface area contributed by atoms with Crippen LogP contribution in [0.5, 0.6) is 0 Å². The van der Waals surface area contributed by atoms with E-state index in [0.717, 1.165) is 12.0 Å². The molecule has 0 aliphatic heterocycles. The van der Waals surface area contributed by atoms with Crippen LogP contribution in [0.15, 0.2) is 34.2 Å². The molecule has 0 amide bonds. The normalized spacial score (nSPS) is 11.7. The topological polar surface area (TPSA) is 115 Å². The number of hydrogen-bond acceptors (Lipinski definition) is 5. The van der Waals surface area contributed by atoms with Gasteiger partial charge in [0.1, 0.15) is 0 Å². The first-order valence-corrected chi connectivity index (χ1v) is 9.15. The predicted molar refractivity (Wildman–Crippen MR) is 109 cm³/mol. The van der Waals surface area contributed by atoms with E-state index in [4.69, 9.17) is 14.6 Å². The fourth-order valence-corrected chi connectivity index (χ4v) is 2.45. The van der Waals surface area contributed by atoms with Crippen LogP contribution < -0.4 is 15.8 Å². The van der Waals surface area contributed by atoms with E-state index >= 15 is 0 Å². The summed E-state index contributed by atoms with van der Waals surface area (Å²) in [7, 11) is -0.383. The van der Waals surface area contributed by atoms with Crippen molar-refractivity contribution >= 4 is 40.0 Å². The van der Waals surface area contributed by atoms with E-state index in [1.165, 1.54) is 6.07 Å². The van der Waals surface area contributed by atoms with Gasteiger partial charge >= 0.3 is 0 Å². The number of nitrogens with two attached hydrogens (primary N) is 1. The third-order valence-electron chi connectivity index (χ3n) is 3.10. The number of benzene rings is 1. The Morgan fingerprint density at radius 3 is 2.64 bits per heavy atom. The number of aliphatic imine (C=N–C) groups is 1. The van der Waals surface area contributed by atoms with Crippen molar-refractivity contribution in [2.24, 2.45) is 10.1 Å². The zero-order valence-corrected chi connectivity index (χ0v) is 17.7. The molecule has 0 unspecified atom stereocenters. The van der Waals surface area contributed by atoms with Crippen molar-refractivity contribution in [2.75, 3.05) is 40.5 Å². The van der Waals surface area contributed by atoms with Gasteiger partial charge in [-0.25, -0.2) is 13.6 Å². The highest BCUT2D eigenvalue weighted by Gasteiger charge is 2.08. The Morgan fingerprint density at radius 1 is 1.24 bits per heavy atom. The standard InChI is InChI=1S/C15H26N4O4S.HI/c1-17-15(18-7-4-8-23-10-9-22-2)19-12-13-5-3-6-14(11-13)24(16,20)21;/h3,5-6,11H,4,7-10,12H2,1-2H3,(H2,16,20,21)(H2,17,18,19);1H. The molecule has 0 bridgehead atoms. The van der Waals surface area contributed by atoms with Gasteiger partial charge in [-0.2, -0.15) is 0 Å². The monoisotopic (exact) mass is 486 g/mol. The molecular formula is C15H27IN4O4S. The molecule has 144 valence electrons. The predicted octanol–water partition coefficient (Wildman–Crippen LogP) is 0.670. The summed E-state index contributed by atoms with van der Waals surface area (Å²) >= 11 is 0. The van der Waals surface area contributed by atoms with E-state index in [2.05, 4.69) is 15.6 Å². The summed E-state index contributed by atoms with van der Waals surface area (Å²) in [4.78, 5) is 4.21. The molecule has 0 atom stereocenters. The SMILES string of the molecule is CN=C(NCCCOCCOC)NCc1cccc(S(N)(=O)=O)c1.I. The van der Waals surface area contributed by atoms with Crippen molar-refractivity contribution < 1.29 is 17.9 Å². The number of halogens is 1. The minimum absolute atomic E-state index is 0. The maximum absolute atomic E-state index is 11.3. The molecule has 8 nitrogen and oxygen atoms in total. The van der Waals surface area contributed by atoms with Crippen molar-refractivity contribution in [2.45, 2.75) is 17.9 Å². The minimum atomic E-state index is -3.69. The van der Waals surface area contributed by atoms with Crippen molar-refractivity contribution in [1.82, 2.24) is 10.6 Å². The Labute approximate surface area is 166 Å². The first-order chi connectivity index (χ1) is 11.5. The van der Waals surface area contributed by atoms with Gasteiger partial charge in [-0.1, -0.05) is 12.1 Å². The average molecular weight is 486 g/mol. The van der Waals surface area contributed by atoms with Gasteiger partial charge in [0.05, 0.1) is 18.1 Å². The first kappa shape index (κ1) is 24.1. The second-order valence-electron chi connectivity index (χ2n) is 5.00. The summed E-state index contributed by atoms with van der Waals surface area (Å²) in [6.45, 7) is 2.97. The zero-order valence-electron chi connectivity index (χ0n) is 14.5. The molecule has 0 aliphatic rings. The van der Waals surface area contributed by atoms with E-state index in [0.29, 0.717) is 38.9 Å². The number of nitrogens with zero attached hydrogens (tertiary/aromatic N) is 1. The molecule has 0 heterocycles. The highest BCUT2D eigenvalue weighted by molar-refractivity contribution is 14.0. The van der Waals surface area contributed by atoms with Gasteiger partial charge in [0, 0.05) is 33.9 Å². The molecule has 0 aliphatic carbocycles. The molecule has 0 saturated carbocycles. The van der Waals surface area contributed by atoms with Crippen molar-refractivity contribution in [3.63, 3.8) is 0 Å². The number of sulfonamides is 1. The van der Waals surface area contributed by atoms with Gasteiger partial charge in [-0.15, -0.1) is 24.0 Å².